The van der Waals surface area contributed by atoms with Crippen LogP contribution in [0.5, 0.6) is 0 Å². The standard InChI is InChI=1S/C13H17N3S/c1-3-10-15-12(14-2)11-8-6-4-5-7-9(8)17-13(11)16-10/h3-7H2,1-2H3,(H,14,15,16). The molecule has 0 aromatic carbocycles. The number of aromatic nitrogens is 2. The molecule has 17 heavy (non-hydrogen) atoms. The lowest BCUT2D eigenvalue weighted by atomic mass is 9.97. The summed E-state index contributed by atoms with van der Waals surface area (Å²) < 4.78 is 0. The van der Waals surface area contributed by atoms with E-state index in [9.17, 15) is 0 Å². The number of fused-ring (bicyclic) bond motifs is 3. The van der Waals surface area contributed by atoms with Crippen LogP contribution in [0.4, 0.5) is 5.82 Å². The van der Waals surface area contributed by atoms with Gasteiger partial charge < -0.3 is 5.32 Å². The SMILES string of the molecule is CCc1nc(NC)c2c3c(sc2n1)CCCC3. The number of aryl methyl sites for hydroxylation is 3. The number of nitrogens with one attached hydrogen (secondary N) is 1. The second kappa shape index (κ2) is 4.26. The summed E-state index contributed by atoms with van der Waals surface area (Å²) in [5.41, 5.74) is 1.50. The minimum atomic E-state index is 0.896. The van der Waals surface area contributed by atoms with Crippen LogP contribution in [-0.4, -0.2) is 17.0 Å². The Morgan fingerprint density at radius 1 is 1.24 bits per heavy atom. The van der Waals surface area contributed by atoms with Gasteiger partial charge in [-0.2, -0.15) is 0 Å². The van der Waals surface area contributed by atoms with Crippen molar-refractivity contribution in [3.05, 3.63) is 16.3 Å². The van der Waals surface area contributed by atoms with Crippen LogP contribution in [0.1, 0.15) is 36.0 Å². The molecule has 0 atom stereocenters. The Bertz CT molecular complexity index is 559. The predicted molar refractivity (Wildman–Crippen MR) is 73.0 cm³/mol. The summed E-state index contributed by atoms with van der Waals surface area (Å²) in [6, 6.07) is 0. The topological polar surface area (TPSA) is 37.8 Å². The molecule has 1 aliphatic carbocycles. The van der Waals surface area contributed by atoms with Gasteiger partial charge in [0.15, 0.2) is 0 Å². The lowest BCUT2D eigenvalue weighted by Gasteiger charge is -2.11. The van der Waals surface area contributed by atoms with Crippen molar-refractivity contribution >= 4 is 27.4 Å². The second-order valence-corrected chi connectivity index (χ2v) is 5.57. The van der Waals surface area contributed by atoms with E-state index in [-0.39, 0.29) is 0 Å². The van der Waals surface area contributed by atoms with E-state index in [4.69, 9.17) is 0 Å². The molecule has 2 aromatic rings. The molecule has 3 rings (SSSR count). The van der Waals surface area contributed by atoms with Crippen LogP contribution < -0.4 is 5.32 Å². The first kappa shape index (κ1) is 11.0. The van der Waals surface area contributed by atoms with Crippen molar-refractivity contribution < 1.29 is 0 Å². The van der Waals surface area contributed by atoms with Gasteiger partial charge in [-0.15, -0.1) is 11.3 Å². The maximum absolute atomic E-state index is 4.67. The summed E-state index contributed by atoms with van der Waals surface area (Å²) in [5, 5.41) is 4.52. The van der Waals surface area contributed by atoms with E-state index in [1.165, 1.54) is 46.3 Å². The zero-order valence-corrected chi connectivity index (χ0v) is 11.2. The fourth-order valence-electron chi connectivity index (χ4n) is 2.54. The molecule has 3 nitrogen and oxygen atoms in total. The highest BCUT2D eigenvalue weighted by molar-refractivity contribution is 7.19. The molecule has 1 aliphatic rings. The monoisotopic (exact) mass is 247 g/mol. The Kier molecular flexibility index (Phi) is 2.74. The molecule has 2 heterocycles. The van der Waals surface area contributed by atoms with E-state index in [2.05, 4.69) is 22.2 Å². The van der Waals surface area contributed by atoms with Gasteiger partial charge >= 0.3 is 0 Å². The van der Waals surface area contributed by atoms with Crippen molar-refractivity contribution in [1.29, 1.82) is 0 Å². The highest BCUT2D eigenvalue weighted by Crippen LogP contribution is 2.38. The molecule has 0 aliphatic heterocycles. The molecule has 0 fully saturated rings. The maximum Gasteiger partial charge on any atom is 0.138 e. The normalized spacial score (nSPS) is 14.9. The van der Waals surface area contributed by atoms with Gasteiger partial charge in [0.1, 0.15) is 16.5 Å². The number of nitrogens with zero attached hydrogens (tertiary/aromatic N) is 2. The Balaban J connectivity index is 2.29. The van der Waals surface area contributed by atoms with Gasteiger partial charge in [-0.05, 0) is 31.2 Å². The third kappa shape index (κ3) is 1.71. The third-order valence-corrected chi connectivity index (χ3v) is 4.60. The summed E-state index contributed by atoms with van der Waals surface area (Å²) in [6.07, 6.45) is 5.94. The van der Waals surface area contributed by atoms with E-state index < -0.39 is 0 Å². The molecular formula is C13H17N3S. The van der Waals surface area contributed by atoms with Gasteiger partial charge in [0.05, 0.1) is 5.39 Å². The minimum Gasteiger partial charge on any atom is -0.372 e. The first-order valence-electron chi connectivity index (χ1n) is 6.32. The smallest absolute Gasteiger partial charge is 0.138 e. The summed E-state index contributed by atoms with van der Waals surface area (Å²) in [6.45, 7) is 2.11. The zero-order chi connectivity index (χ0) is 11.8. The lowest BCUT2D eigenvalue weighted by Crippen LogP contribution is -2.02. The fourth-order valence-corrected chi connectivity index (χ4v) is 3.82. The van der Waals surface area contributed by atoms with E-state index in [0.29, 0.717) is 0 Å². The molecule has 0 unspecified atom stereocenters. The molecule has 2 aromatic heterocycles. The van der Waals surface area contributed by atoms with Crippen LogP contribution in [0.25, 0.3) is 10.2 Å². The van der Waals surface area contributed by atoms with Crippen LogP contribution in [0.3, 0.4) is 0 Å². The number of anilines is 1. The quantitative estimate of drug-likeness (QED) is 0.885. The van der Waals surface area contributed by atoms with Gasteiger partial charge in [0.25, 0.3) is 0 Å². The van der Waals surface area contributed by atoms with Crippen molar-refractivity contribution in [3.8, 4) is 0 Å². The summed E-state index contributed by atoms with van der Waals surface area (Å²) in [5.74, 6) is 1.96. The van der Waals surface area contributed by atoms with Gasteiger partial charge in [-0.3, -0.25) is 0 Å². The number of rotatable bonds is 2. The molecule has 0 spiro atoms. The van der Waals surface area contributed by atoms with Crippen LogP contribution in [0.15, 0.2) is 0 Å². The zero-order valence-electron chi connectivity index (χ0n) is 10.3. The van der Waals surface area contributed by atoms with E-state index in [0.717, 1.165) is 18.1 Å². The van der Waals surface area contributed by atoms with E-state index in [1.54, 1.807) is 0 Å². The van der Waals surface area contributed by atoms with Crippen LogP contribution in [0, 0.1) is 0 Å². The molecule has 1 N–H and O–H groups in total. The summed E-state index contributed by atoms with van der Waals surface area (Å²) in [7, 11) is 1.95. The van der Waals surface area contributed by atoms with Gasteiger partial charge in [-0.1, -0.05) is 6.92 Å². The molecule has 0 amide bonds. The van der Waals surface area contributed by atoms with Gasteiger partial charge in [0.2, 0.25) is 0 Å². The average Bonchev–Trinajstić information content (AvgIpc) is 2.75. The Morgan fingerprint density at radius 2 is 2.06 bits per heavy atom. The van der Waals surface area contributed by atoms with Crippen molar-refractivity contribution in [2.24, 2.45) is 0 Å². The van der Waals surface area contributed by atoms with Crippen LogP contribution >= 0.6 is 11.3 Å². The molecule has 0 bridgehead atoms. The molecule has 4 heteroatoms. The first-order chi connectivity index (χ1) is 8.33. The lowest BCUT2D eigenvalue weighted by molar-refractivity contribution is 0.700. The highest BCUT2D eigenvalue weighted by atomic mass is 32.1. The Labute approximate surface area is 105 Å². The van der Waals surface area contributed by atoms with E-state index in [1.807, 2.05) is 18.4 Å². The molecule has 0 saturated heterocycles. The number of thiophene rings is 1. The van der Waals surface area contributed by atoms with Crippen molar-refractivity contribution in [2.45, 2.75) is 39.0 Å². The second-order valence-electron chi connectivity index (χ2n) is 4.48. The molecule has 0 radical (unpaired) electrons. The fraction of sp³-hybridized carbons (Fsp3) is 0.538. The van der Waals surface area contributed by atoms with E-state index >= 15 is 0 Å². The molecule has 90 valence electrons. The van der Waals surface area contributed by atoms with Gasteiger partial charge in [-0.25, -0.2) is 9.97 Å². The molecule has 0 saturated carbocycles. The first-order valence-corrected chi connectivity index (χ1v) is 7.14. The number of hydrogen-bond donors (Lipinski definition) is 1. The average molecular weight is 247 g/mol. The Hall–Kier alpha value is -1.16. The van der Waals surface area contributed by atoms with Crippen LogP contribution in [0.2, 0.25) is 0 Å². The third-order valence-electron chi connectivity index (χ3n) is 3.41. The van der Waals surface area contributed by atoms with Crippen molar-refractivity contribution in [1.82, 2.24) is 9.97 Å². The van der Waals surface area contributed by atoms with Crippen molar-refractivity contribution in [3.63, 3.8) is 0 Å². The van der Waals surface area contributed by atoms with Crippen molar-refractivity contribution in [2.75, 3.05) is 12.4 Å². The predicted octanol–water partition coefficient (Wildman–Crippen LogP) is 3.17. The summed E-state index contributed by atoms with van der Waals surface area (Å²) in [4.78, 5) is 12.0. The minimum absolute atomic E-state index is 0.896. The summed E-state index contributed by atoms with van der Waals surface area (Å²) >= 11 is 1.87. The molecular weight excluding hydrogens is 230 g/mol. The highest BCUT2D eigenvalue weighted by Gasteiger charge is 2.20. The maximum atomic E-state index is 4.67. The number of hydrogen-bond acceptors (Lipinski definition) is 4. The largest absolute Gasteiger partial charge is 0.372 e. The Morgan fingerprint density at radius 3 is 2.82 bits per heavy atom. The van der Waals surface area contributed by atoms with Gasteiger partial charge in [0, 0.05) is 18.3 Å². The van der Waals surface area contributed by atoms with Crippen LogP contribution in [-0.2, 0) is 19.3 Å².